The number of methoxy groups -OCH3 is 1. The minimum Gasteiger partial charge on any atom is -0.497 e. The van der Waals surface area contributed by atoms with Gasteiger partial charge in [0.1, 0.15) is 10.8 Å². The number of aromatic nitrogens is 1. The molecule has 0 saturated heterocycles. The van der Waals surface area contributed by atoms with Gasteiger partial charge >= 0.3 is 0 Å². The smallest absolute Gasteiger partial charge is 0.119 e. The van der Waals surface area contributed by atoms with E-state index in [1.165, 1.54) is 16.0 Å². The second-order valence-corrected chi connectivity index (χ2v) is 5.28. The van der Waals surface area contributed by atoms with E-state index in [1.807, 2.05) is 13.1 Å². The molecule has 17 heavy (non-hydrogen) atoms. The topological polar surface area (TPSA) is 34.2 Å². The number of hydrogen-bond donors (Lipinski definition) is 1. The molecule has 0 saturated carbocycles. The van der Waals surface area contributed by atoms with Crippen LogP contribution in [0, 0.1) is 0 Å². The number of benzene rings is 1. The van der Waals surface area contributed by atoms with Crippen LogP contribution in [-0.4, -0.2) is 19.1 Å². The van der Waals surface area contributed by atoms with Crippen molar-refractivity contribution in [3.63, 3.8) is 0 Å². The van der Waals surface area contributed by atoms with Crippen molar-refractivity contribution in [1.29, 1.82) is 0 Å². The number of fused-ring (bicyclic) bond motifs is 3. The van der Waals surface area contributed by atoms with Crippen molar-refractivity contribution in [2.45, 2.75) is 13.0 Å². The standard InChI is InChI=1S/C13H14N2OS/c1-14-7-12-15-13-10-6-9(16-2)4-3-8(10)5-11(13)17-12/h3-4,6,14H,5,7H2,1-2H3. The predicted molar refractivity (Wildman–Crippen MR) is 69.7 cm³/mol. The summed E-state index contributed by atoms with van der Waals surface area (Å²) in [5.41, 5.74) is 3.74. The van der Waals surface area contributed by atoms with Gasteiger partial charge in [0.25, 0.3) is 0 Å². The van der Waals surface area contributed by atoms with Crippen molar-refractivity contribution < 1.29 is 4.74 Å². The van der Waals surface area contributed by atoms with Crippen molar-refractivity contribution in [2.24, 2.45) is 0 Å². The summed E-state index contributed by atoms with van der Waals surface area (Å²) in [5, 5.41) is 4.30. The van der Waals surface area contributed by atoms with Gasteiger partial charge in [-0.05, 0) is 24.7 Å². The lowest BCUT2D eigenvalue weighted by Crippen LogP contribution is -2.04. The Bertz CT molecular complexity index is 563. The molecule has 3 rings (SSSR count). The maximum atomic E-state index is 5.27. The minimum absolute atomic E-state index is 0.844. The Balaban J connectivity index is 2.05. The third kappa shape index (κ3) is 1.73. The van der Waals surface area contributed by atoms with E-state index >= 15 is 0 Å². The molecule has 4 heteroatoms. The molecule has 88 valence electrons. The molecule has 3 nitrogen and oxygen atoms in total. The predicted octanol–water partition coefficient (Wildman–Crippen LogP) is 2.44. The molecule has 0 atom stereocenters. The van der Waals surface area contributed by atoms with Crippen LogP contribution in [0.4, 0.5) is 0 Å². The third-order valence-electron chi connectivity index (χ3n) is 2.99. The van der Waals surface area contributed by atoms with Crippen LogP contribution in [0.5, 0.6) is 5.75 Å². The molecule has 1 aromatic carbocycles. The zero-order chi connectivity index (χ0) is 11.8. The first-order chi connectivity index (χ1) is 8.31. The highest BCUT2D eigenvalue weighted by Crippen LogP contribution is 2.40. The number of rotatable bonds is 3. The van der Waals surface area contributed by atoms with Gasteiger partial charge in [-0.25, -0.2) is 4.98 Å². The van der Waals surface area contributed by atoms with Gasteiger partial charge in [-0.15, -0.1) is 11.3 Å². The van der Waals surface area contributed by atoms with E-state index in [1.54, 1.807) is 18.4 Å². The van der Waals surface area contributed by atoms with Crippen molar-refractivity contribution in [3.8, 4) is 17.0 Å². The van der Waals surface area contributed by atoms with Crippen LogP contribution >= 0.6 is 11.3 Å². The summed E-state index contributed by atoms with van der Waals surface area (Å²) in [6.45, 7) is 0.844. The first-order valence-electron chi connectivity index (χ1n) is 5.62. The van der Waals surface area contributed by atoms with Gasteiger partial charge in [-0.2, -0.15) is 0 Å². The van der Waals surface area contributed by atoms with Gasteiger partial charge in [0.15, 0.2) is 0 Å². The number of ether oxygens (including phenoxy) is 1. The van der Waals surface area contributed by atoms with Crippen molar-refractivity contribution >= 4 is 11.3 Å². The van der Waals surface area contributed by atoms with Crippen LogP contribution in [0.2, 0.25) is 0 Å². The van der Waals surface area contributed by atoms with E-state index in [0.717, 1.165) is 29.4 Å². The van der Waals surface area contributed by atoms with Crippen molar-refractivity contribution in [3.05, 3.63) is 33.6 Å². The van der Waals surface area contributed by atoms with E-state index in [-0.39, 0.29) is 0 Å². The van der Waals surface area contributed by atoms with Crippen LogP contribution in [0.25, 0.3) is 11.3 Å². The van der Waals surface area contributed by atoms with Crippen LogP contribution < -0.4 is 10.1 Å². The Labute approximate surface area is 104 Å². The van der Waals surface area contributed by atoms with Gasteiger partial charge in [0, 0.05) is 23.4 Å². The second kappa shape index (κ2) is 4.13. The molecule has 0 aliphatic heterocycles. The fourth-order valence-corrected chi connectivity index (χ4v) is 3.31. The quantitative estimate of drug-likeness (QED) is 0.770. The van der Waals surface area contributed by atoms with Gasteiger partial charge in [-0.1, -0.05) is 6.07 Å². The normalized spacial score (nSPS) is 12.4. The Hall–Kier alpha value is -1.39. The molecule has 0 radical (unpaired) electrons. The molecule has 1 heterocycles. The SMILES string of the molecule is CNCc1nc2c(s1)Cc1ccc(OC)cc1-2. The molecule has 0 bridgehead atoms. The molecular formula is C13H14N2OS. The minimum atomic E-state index is 0.844. The summed E-state index contributed by atoms with van der Waals surface area (Å²) in [6.07, 6.45) is 1.01. The summed E-state index contributed by atoms with van der Waals surface area (Å²) in [5.74, 6) is 0.903. The van der Waals surface area contributed by atoms with Crippen LogP contribution in [0.3, 0.4) is 0 Å². The van der Waals surface area contributed by atoms with Gasteiger partial charge < -0.3 is 10.1 Å². The van der Waals surface area contributed by atoms with E-state index in [9.17, 15) is 0 Å². The fourth-order valence-electron chi connectivity index (χ4n) is 2.19. The van der Waals surface area contributed by atoms with E-state index in [4.69, 9.17) is 9.72 Å². The number of nitrogens with zero attached hydrogens (tertiary/aromatic N) is 1. The molecule has 0 unspecified atom stereocenters. The second-order valence-electron chi connectivity index (χ2n) is 4.11. The van der Waals surface area contributed by atoms with Crippen LogP contribution in [0.15, 0.2) is 18.2 Å². The molecule has 1 aliphatic rings. The first-order valence-corrected chi connectivity index (χ1v) is 6.44. The van der Waals surface area contributed by atoms with E-state index in [2.05, 4.69) is 17.4 Å². The number of thiazole rings is 1. The summed E-state index contributed by atoms with van der Waals surface area (Å²) in [6, 6.07) is 6.24. The van der Waals surface area contributed by atoms with Gasteiger partial charge in [0.2, 0.25) is 0 Å². The average molecular weight is 246 g/mol. The lowest BCUT2D eigenvalue weighted by molar-refractivity contribution is 0.415. The summed E-state index contributed by atoms with van der Waals surface area (Å²) in [7, 11) is 3.65. The molecule has 2 aromatic rings. The van der Waals surface area contributed by atoms with Crippen LogP contribution in [-0.2, 0) is 13.0 Å². The molecule has 0 spiro atoms. The molecular weight excluding hydrogens is 232 g/mol. The number of hydrogen-bond acceptors (Lipinski definition) is 4. The summed E-state index contributed by atoms with van der Waals surface area (Å²) >= 11 is 1.80. The highest BCUT2D eigenvalue weighted by molar-refractivity contribution is 7.12. The first kappa shape index (κ1) is 10.7. The molecule has 1 aromatic heterocycles. The molecule has 0 amide bonds. The maximum absolute atomic E-state index is 5.27. The van der Waals surface area contributed by atoms with Crippen molar-refractivity contribution in [2.75, 3.05) is 14.2 Å². The largest absolute Gasteiger partial charge is 0.497 e. The monoisotopic (exact) mass is 246 g/mol. The van der Waals surface area contributed by atoms with E-state index in [0.29, 0.717) is 0 Å². The highest BCUT2D eigenvalue weighted by atomic mass is 32.1. The zero-order valence-electron chi connectivity index (χ0n) is 9.91. The molecule has 1 N–H and O–H groups in total. The Morgan fingerprint density at radius 3 is 3.12 bits per heavy atom. The zero-order valence-corrected chi connectivity index (χ0v) is 10.7. The third-order valence-corrected chi connectivity index (χ3v) is 4.05. The van der Waals surface area contributed by atoms with Crippen molar-refractivity contribution in [1.82, 2.24) is 10.3 Å². The number of nitrogens with one attached hydrogen (secondary N) is 1. The maximum Gasteiger partial charge on any atom is 0.119 e. The molecule has 1 aliphatic carbocycles. The Morgan fingerprint density at radius 1 is 1.47 bits per heavy atom. The van der Waals surface area contributed by atoms with Crippen LogP contribution in [0.1, 0.15) is 15.4 Å². The van der Waals surface area contributed by atoms with Gasteiger partial charge in [-0.3, -0.25) is 0 Å². The lowest BCUT2D eigenvalue weighted by Gasteiger charge is -2.03. The Morgan fingerprint density at radius 2 is 2.35 bits per heavy atom. The summed E-state index contributed by atoms with van der Waals surface area (Å²) in [4.78, 5) is 6.07. The Kier molecular flexibility index (Phi) is 2.61. The summed E-state index contributed by atoms with van der Waals surface area (Å²) < 4.78 is 5.27. The fraction of sp³-hybridized carbons (Fsp3) is 0.308. The lowest BCUT2D eigenvalue weighted by atomic mass is 10.1. The van der Waals surface area contributed by atoms with E-state index < -0.39 is 0 Å². The highest BCUT2D eigenvalue weighted by Gasteiger charge is 2.23. The van der Waals surface area contributed by atoms with Gasteiger partial charge in [0.05, 0.1) is 12.8 Å². The average Bonchev–Trinajstić information content (AvgIpc) is 2.86. The molecule has 0 fully saturated rings.